The van der Waals surface area contributed by atoms with Gasteiger partial charge in [0.15, 0.2) is 5.06 Å². The predicted molar refractivity (Wildman–Crippen MR) is 55.7 cm³/mol. The summed E-state index contributed by atoms with van der Waals surface area (Å²) < 4.78 is 0. The van der Waals surface area contributed by atoms with E-state index in [0.29, 0.717) is 0 Å². The maximum Gasteiger partial charge on any atom is 0.159 e. The lowest BCUT2D eigenvalue weighted by atomic mass is 9.90. The van der Waals surface area contributed by atoms with Crippen LogP contribution in [0.5, 0.6) is 0 Å². The Morgan fingerprint density at radius 2 is 2.31 bits per heavy atom. The number of halogens is 1. The van der Waals surface area contributed by atoms with Crippen LogP contribution in [0.2, 0.25) is 0 Å². The third kappa shape index (κ3) is 2.33. The number of aliphatic hydroxyl groups is 1. The van der Waals surface area contributed by atoms with Crippen molar-refractivity contribution in [3.63, 3.8) is 0 Å². The van der Waals surface area contributed by atoms with Gasteiger partial charge in [-0.05, 0) is 20.4 Å². The van der Waals surface area contributed by atoms with Gasteiger partial charge < -0.3 is 10.4 Å². The number of allylic oxidation sites excluding steroid dienone is 3. The Morgan fingerprint density at radius 1 is 1.62 bits per heavy atom. The van der Waals surface area contributed by atoms with Crippen LogP contribution < -0.4 is 5.32 Å². The highest BCUT2D eigenvalue weighted by Crippen LogP contribution is 2.31. The molecule has 74 valence electrons. The zero-order valence-electron chi connectivity index (χ0n) is 8.00. The van der Waals surface area contributed by atoms with Crippen LogP contribution in [-0.2, 0) is 0 Å². The first-order valence-electron chi connectivity index (χ1n) is 4.51. The van der Waals surface area contributed by atoms with Crippen LogP contribution in [0.3, 0.4) is 0 Å². The lowest BCUT2D eigenvalue weighted by molar-refractivity contribution is 0.0533. The van der Waals surface area contributed by atoms with E-state index in [1.165, 1.54) is 0 Å². The third-order valence-corrected chi connectivity index (χ3v) is 3.15. The van der Waals surface area contributed by atoms with Gasteiger partial charge in [-0.2, -0.15) is 0 Å². The van der Waals surface area contributed by atoms with Gasteiger partial charge in [0.2, 0.25) is 0 Å². The molecule has 1 rings (SSSR count). The van der Waals surface area contributed by atoms with Crippen LogP contribution >= 0.6 is 11.6 Å². The molecule has 13 heavy (non-hydrogen) atoms. The van der Waals surface area contributed by atoms with E-state index in [1.807, 2.05) is 31.2 Å². The fraction of sp³-hybridized carbons (Fsp3) is 0.600. The van der Waals surface area contributed by atoms with Crippen molar-refractivity contribution in [2.75, 3.05) is 7.05 Å². The van der Waals surface area contributed by atoms with Gasteiger partial charge >= 0.3 is 0 Å². The third-order valence-electron chi connectivity index (χ3n) is 2.54. The average molecular weight is 202 g/mol. The van der Waals surface area contributed by atoms with Crippen molar-refractivity contribution in [3.8, 4) is 0 Å². The minimum atomic E-state index is -1.20. The zero-order valence-corrected chi connectivity index (χ0v) is 8.75. The Bertz CT molecular complexity index is 223. The Labute approximate surface area is 84.3 Å². The number of alkyl halides is 1. The maximum absolute atomic E-state index is 10.0. The number of hydrogen-bond donors (Lipinski definition) is 2. The second-order valence-corrected chi connectivity index (χ2v) is 4.00. The Balaban J connectivity index is 2.68. The molecule has 2 N–H and O–H groups in total. The molecule has 0 aromatic heterocycles. The van der Waals surface area contributed by atoms with Crippen LogP contribution in [0, 0.1) is 5.92 Å². The predicted octanol–water partition coefficient (Wildman–Crippen LogP) is 1.65. The SMILES string of the molecule is CN[C@@H](C)[C@@](O)(Cl)[C@@H]1C=CC=CC1. The lowest BCUT2D eigenvalue weighted by Crippen LogP contribution is -2.48. The molecule has 0 radical (unpaired) electrons. The largest absolute Gasteiger partial charge is 0.373 e. The number of nitrogens with one attached hydrogen (secondary N) is 1. The van der Waals surface area contributed by atoms with E-state index >= 15 is 0 Å². The number of likely N-dealkylation sites (N-methyl/N-ethyl adjacent to an activating group) is 1. The van der Waals surface area contributed by atoms with Gasteiger partial charge in [-0.15, -0.1) is 0 Å². The molecule has 1 aliphatic rings. The highest BCUT2D eigenvalue weighted by Gasteiger charge is 2.37. The minimum Gasteiger partial charge on any atom is -0.373 e. The van der Waals surface area contributed by atoms with E-state index in [4.69, 9.17) is 11.6 Å². The summed E-state index contributed by atoms with van der Waals surface area (Å²) in [6, 6.07) is -0.129. The lowest BCUT2D eigenvalue weighted by Gasteiger charge is -2.34. The summed E-state index contributed by atoms with van der Waals surface area (Å²) in [5, 5.41) is 11.8. The molecule has 0 bridgehead atoms. The summed E-state index contributed by atoms with van der Waals surface area (Å²) in [6.07, 6.45) is 8.64. The van der Waals surface area contributed by atoms with E-state index in [2.05, 4.69) is 5.32 Å². The van der Waals surface area contributed by atoms with Gasteiger partial charge in [0.1, 0.15) is 0 Å². The molecular weight excluding hydrogens is 186 g/mol. The molecule has 0 heterocycles. The van der Waals surface area contributed by atoms with Gasteiger partial charge in [-0.3, -0.25) is 0 Å². The van der Waals surface area contributed by atoms with Crippen molar-refractivity contribution in [3.05, 3.63) is 24.3 Å². The van der Waals surface area contributed by atoms with Crippen LogP contribution in [0.15, 0.2) is 24.3 Å². The summed E-state index contributed by atoms with van der Waals surface area (Å²) >= 11 is 6.07. The molecule has 0 amide bonds. The topological polar surface area (TPSA) is 32.3 Å². The monoisotopic (exact) mass is 201 g/mol. The van der Waals surface area contributed by atoms with Crippen molar-refractivity contribution in [1.82, 2.24) is 5.32 Å². The summed E-state index contributed by atoms with van der Waals surface area (Å²) in [5.74, 6) is -0.0124. The molecule has 0 saturated heterocycles. The smallest absolute Gasteiger partial charge is 0.159 e. The second kappa shape index (κ2) is 4.27. The van der Waals surface area contributed by atoms with Crippen molar-refractivity contribution in [2.24, 2.45) is 5.92 Å². The second-order valence-electron chi connectivity index (χ2n) is 3.39. The number of rotatable bonds is 3. The first-order chi connectivity index (χ1) is 6.09. The van der Waals surface area contributed by atoms with Crippen molar-refractivity contribution in [1.29, 1.82) is 0 Å². The molecule has 0 aromatic rings. The first kappa shape index (κ1) is 10.8. The molecule has 0 aromatic carbocycles. The molecule has 1 aliphatic carbocycles. The standard InChI is InChI=1S/C10H16ClNO/c1-8(12-2)10(11,13)9-6-4-3-5-7-9/h3-6,8-9,12-13H,7H2,1-2H3/t8-,9+,10-/m0/s1. The molecular formula is C10H16ClNO. The van der Waals surface area contributed by atoms with Crippen LogP contribution in [0.1, 0.15) is 13.3 Å². The molecule has 0 spiro atoms. The van der Waals surface area contributed by atoms with Gasteiger partial charge in [-0.25, -0.2) is 0 Å². The Hall–Kier alpha value is -0.310. The zero-order chi connectivity index (χ0) is 9.90. The Kier molecular flexibility index (Phi) is 3.54. The maximum atomic E-state index is 10.0. The summed E-state index contributed by atoms with van der Waals surface area (Å²) in [4.78, 5) is 0. The van der Waals surface area contributed by atoms with E-state index in [-0.39, 0.29) is 12.0 Å². The van der Waals surface area contributed by atoms with Crippen molar-refractivity contribution in [2.45, 2.75) is 24.4 Å². The fourth-order valence-electron chi connectivity index (χ4n) is 1.40. The summed E-state index contributed by atoms with van der Waals surface area (Å²) in [5.41, 5.74) is 0. The van der Waals surface area contributed by atoms with E-state index in [9.17, 15) is 5.11 Å². The molecule has 0 aliphatic heterocycles. The normalized spacial score (nSPS) is 28.5. The number of hydrogen-bond acceptors (Lipinski definition) is 2. The Morgan fingerprint density at radius 3 is 2.77 bits per heavy atom. The minimum absolute atomic E-state index is 0.0124. The van der Waals surface area contributed by atoms with Crippen LogP contribution in [-0.4, -0.2) is 23.3 Å². The van der Waals surface area contributed by atoms with Crippen molar-refractivity contribution < 1.29 is 5.11 Å². The summed E-state index contributed by atoms with van der Waals surface area (Å²) in [7, 11) is 1.79. The molecule has 3 heteroatoms. The molecule has 0 fully saturated rings. The average Bonchev–Trinajstić information content (AvgIpc) is 2.18. The highest BCUT2D eigenvalue weighted by atomic mass is 35.5. The van der Waals surface area contributed by atoms with Crippen LogP contribution in [0.25, 0.3) is 0 Å². The van der Waals surface area contributed by atoms with Gasteiger partial charge in [0.25, 0.3) is 0 Å². The van der Waals surface area contributed by atoms with Gasteiger partial charge in [0.05, 0.1) is 0 Å². The molecule has 3 atom stereocenters. The van der Waals surface area contributed by atoms with E-state index in [1.54, 1.807) is 7.05 Å². The van der Waals surface area contributed by atoms with Gasteiger partial charge in [-0.1, -0.05) is 35.9 Å². The molecule has 0 unspecified atom stereocenters. The van der Waals surface area contributed by atoms with E-state index < -0.39 is 5.06 Å². The first-order valence-corrected chi connectivity index (χ1v) is 4.88. The van der Waals surface area contributed by atoms with Crippen LogP contribution in [0.4, 0.5) is 0 Å². The van der Waals surface area contributed by atoms with E-state index in [0.717, 1.165) is 6.42 Å². The summed E-state index contributed by atoms with van der Waals surface area (Å²) in [6.45, 7) is 1.87. The highest BCUT2D eigenvalue weighted by molar-refractivity contribution is 6.23. The quantitative estimate of drug-likeness (QED) is 0.681. The molecule has 2 nitrogen and oxygen atoms in total. The molecule has 0 saturated carbocycles. The fourth-order valence-corrected chi connectivity index (χ4v) is 1.68. The van der Waals surface area contributed by atoms with Gasteiger partial charge in [0, 0.05) is 12.0 Å². The van der Waals surface area contributed by atoms with Crippen molar-refractivity contribution >= 4 is 11.6 Å².